The molecule has 1 atom stereocenters. The number of hydrogen-bond acceptors (Lipinski definition) is 3. The fourth-order valence-electron chi connectivity index (χ4n) is 3.27. The third-order valence-electron chi connectivity index (χ3n) is 4.64. The van der Waals surface area contributed by atoms with Gasteiger partial charge in [-0.25, -0.2) is 8.42 Å². The van der Waals surface area contributed by atoms with Crippen molar-refractivity contribution in [1.82, 2.24) is 4.90 Å². The Hall–Kier alpha value is -1.36. The second-order valence-electron chi connectivity index (χ2n) is 6.61. The summed E-state index contributed by atoms with van der Waals surface area (Å²) in [6, 6.07) is 6.00. The number of likely N-dealkylation sites (tertiary alicyclic amines) is 1. The predicted octanol–water partition coefficient (Wildman–Crippen LogP) is 3.01. The molecule has 2 rings (SSSR count). The molecular formula is C18H27NO3S. The maximum atomic E-state index is 12.5. The molecule has 1 heterocycles. The van der Waals surface area contributed by atoms with Crippen LogP contribution in [0.2, 0.25) is 0 Å². The number of nitrogens with zero attached hydrogens (tertiary/aromatic N) is 1. The van der Waals surface area contributed by atoms with Gasteiger partial charge in [0, 0.05) is 12.6 Å². The van der Waals surface area contributed by atoms with Crippen molar-refractivity contribution in [2.24, 2.45) is 0 Å². The van der Waals surface area contributed by atoms with Crippen LogP contribution in [0.1, 0.15) is 49.3 Å². The topological polar surface area (TPSA) is 54.5 Å². The van der Waals surface area contributed by atoms with Crippen LogP contribution in [0.4, 0.5) is 0 Å². The van der Waals surface area contributed by atoms with E-state index in [1.807, 2.05) is 32.0 Å². The molecule has 4 nitrogen and oxygen atoms in total. The highest BCUT2D eigenvalue weighted by Crippen LogP contribution is 2.21. The zero-order chi connectivity index (χ0) is 17.0. The van der Waals surface area contributed by atoms with Crippen LogP contribution in [0.5, 0.6) is 0 Å². The lowest BCUT2D eigenvalue weighted by molar-refractivity contribution is -0.132. The Kier molecular flexibility index (Phi) is 5.84. The van der Waals surface area contributed by atoms with E-state index in [9.17, 15) is 13.2 Å². The number of amides is 1. The van der Waals surface area contributed by atoms with Crippen molar-refractivity contribution in [2.75, 3.05) is 12.3 Å². The van der Waals surface area contributed by atoms with Crippen molar-refractivity contribution >= 4 is 15.7 Å². The first kappa shape index (κ1) is 18.0. The second-order valence-corrected chi connectivity index (χ2v) is 8.67. The maximum Gasteiger partial charge on any atom is 0.238 e. The Bertz CT molecular complexity index is 667. The van der Waals surface area contributed by atoms with E-state index >= 15 is 0 Å². The van der Waals surface area contributed by atoms with Gasteiger partial charge in [-0.05, 0) is 50.7 Å². The number of benzene rings is 1. The molecule has 23 heavy (non-hydrogen) atoms. The van der Waals surface area contributed by atoms with E-state index in [-0.39, 0.29) is 23.5 Å². The van der Waals surface area contributed by atoms with Crippen LogP contribution in [0, 0.1) is 13.8 Å². The van der Waals surface area contributed by atoms with Gasteiger partial charge in [0.15, 0.2) is 9.84 Å². The number of rotatable bonds is 5. The summed E-state index contributed by atoms with van der Waals surface area (Å²) in [6.45, 7) is 6.60. The van der Waals surface area contributed by atoms with Crippen molar-refractivity contribution in [1.29, 1.82) is 0 Å². The molecule has 128 valence electrons. The van der Waals surface area contributed by atoms with E-state index in [1.165, 1.54) is 0 Å². The van der Waals surface area contributed by atoms with Crippen LogP contribution in [-0.4, -0.2) is 37.6 Å². The third kappa shape index (κ3) is 4.80. The fraction of sp³-hybridized carbons (Fsp3) is 0.611. The van der Waals surface area contributed by atoms with E-state index in [2.05, 4.69) is 6.92 Å². The first-order valence-corrected chi connectivity index (χ1v) is 10.2. The summed E-state index contributed by atoms with van der Waals surface area (Å²) in [5, 5.41) is 0. The van der Waals surface area contributed by atoms with Gasteiger partial charge in [-0.1, -0.05) is 30.7 Å². The lowest BCUT2D eigenvalue weighted by atomic mass is 10.0. The number of carbonyl (C=O) groups excluding carboxylic acids is 1. The SMILES string of the molecule is CCC1CCCCN1C(=O)CS(=O)(=O)Cc1cc(C)ccc1C. The van der Waals surface area contributed by atoms with Crippen molar-refractivity contribution in [2.45, 2.75) is 58.2 Å². The molecular weight excluding hydrogens is 310 g/mol. The molecule has 1 amide bonds. The van der Waals surface area contributed by atoms with Crippen molar-refractivity contribution in [3.05, 3.63) is 34.9 Å². The van der Waals surface area contributed by atoms with Gasteiger partial charge in [0.05, 0.1) is 5.75 Å². The number of hydrogen-bond donors (Lipinski definition) is 0. The Balaban J connectivity index is 2.08. The molecule has 0 N–H and O–H groups in total. The van der Waals surface area contributed by atoms with Gasteiger partial charge in [0.25, 0.3) is 0 Å². The Morgan fingerprint density at radius 1 is 1.26 bits per heavy atom. The van der Waals surface area contributed by atoms with E-state index in [0.717, 1.165) is 42.4 Å². The molecule has 5 heteroatoms. The summed E-state index contributed by atoms with van der Waals surface area (Å²) >= 11 is 0. The summed E-state index contributed by atoms with van der Waals surface area (Å²) in [5.41, 5.74) is 2.79. The van der Waals surface area contributed by atoms with E-state index in [4.69, 9.17) is 0 Å². The summed E-state index contributed by atoms with van der Waals surface area (Å²) < 4.78 is 24.9. The van der Waals surface area contributed by atoms with Gasteiger partial charge in [-0.15, -0.1) is 0 Å². The maximum absolute atomic E-state index is 12.5. The van der Waals surface area contributed by atoms with Gasteiger partial charge in [-0.3, -0.25) is 4.79 Å². The molecule has 0 aliphatic carbocycles. The number of sulfone groups is 1. The minimum absolute atomic E-state index is 0.0586. The van der Waals surface area contributed by atoms with Crippen LogP contribution >= 0.6 is 0 Å². The molecule has 1 aliphatic heterocycles. The molecule has 0 bridgehead atoms. The summed E-state index contributed by atoms with van der Waals surface area (Å²) in [7, 11) is -3.45. The van der Waals surface area contributed by atoms with Crippen molar-refractivity contribution in [3.8, 4) is 0 Å². The highest BCUT2D eigenvalue weighted by molar-refractivity contribution is 7.91. The monoisotopic (exact) mass is 337 g/mol. The van der Waals surface area contributed by atoms with Crippen LogP contribution < -0.4 is 0 Å². The minimum Gasteiger partial charge on any atom is -0.339 e. The van der Waals surface area contributed by atoms with Gasteiger partial charge in [0.2, 0.25) is 5.91 Å². The first-order valence-electron chi connectivity index (χ1n) is 8.38. The average Bonchev–Trinajstić information content (AvgIpc) is 2.50. The highest BCUT2D eigenvalue weighted by Gasteiger charge is 2.28. The third-order valence-corrected chi connectivity index (χ3v) is 6.08. The van der Waals surface area contributed by atoms with Crippen LogP contribution in [-0.2, 0) is 20.4 Å². The molecule has 1 fully saturated rings. The average molecular weight is 337 g/mol. The number of aryl methyl sites for hydroxylation is 2. The highest BCUT2D eigenvalue weighted by atomic mass is 32.2. The van der Waals surface area contributed by atoms with Crippen LogP contribution in [0.3, 0.4) is 0 Å². The Labute approximate surface area is 139 Å². The van der Waals surface area contributed by atoms with E-state index in [1.54, 1.807) is 4.90 Å². The minimum atomic E-state index is -3.45. The zero-order valence-electron chi connectivity index (χ0n) is 14.3. The molecule has 1 aliphatic rings. The normalized spacial score (nSPS) is 18.9. The van der Waals surface area contributed by atoms with E-state index < -0.39 is 9.84 Å². The molecule has 0 radical (unpaired) electrons. The Morgan fingerprint density at radius 2 is 2.00 bits per heavy atom. The van der Waals surface area contributed by atoms with Gasteiger partial charge < -0.3 is 4.90 Å². The summed E-state index contributed by atoms with van der Waals surface area (Å²) in [4.78, 5) is 14.3. The summed E-state index contributed by atoms with van der Waals surface area (Å²) in [5.74, 6) is -0.671. The lowest BCUT2D eigenvalue weighted by Gasteiger charge is -2.35. The molecule has 1 unspecified atom stereocenters. The van der Waals surface area contributed by atoms with Gasteiger partial charge in [-0.2, -0.15) is 0 Å². The van der Waals surface area contributed by atoms with Gasteiger partial charge >= 0.3 is 0 Å². The molecule has 1 saturated heterocycles. The summed E-state index contributed by atoms with van der Waals surface area (Å²) in [6.07, 6.45) is 3.97. The van der Waals surface area contributed by atoms with Gasteiger partial charge in [0.1, 0.15) is 5.75 Å². The lowest BCUT2D eigenvalue weighted by Crippen LogP contribution is -2.45. The molecule has 1 aromatic carbocycles. The number of carbonyl (C=O) groups is 1. The van der Waals surface area contributed by atoms with Crippen molar-refractivity contribution < 1.29 is 13.2 Å². The smallest absolute Gasteiger partial charge is 0.238 e. The van der Waals surface area contributed by atoms with Crippen molar-refractivity contribution in [3.63, 3.8) is 0 Å². The Morgan fingerprint density at radius 3 is 2.70 bits per heavy atom. The zero-order valence-corrected chi connectivity index (χ0v) is 15.2. The predicted molar refractivity (Wildman–Crippen MR) is 93.0 cm³/mol. The fourth-order valence-corrected chi connectivity index (χ4v) is 4.70. The molecule has 0 aromatic heterocycles. The standard InChI is InChI=1S/C18H27NO3S/c1-4-17-7-5-6-10-19(17)18(20)13-23(21,22)12-16-11-14(2)8-9-15(16)3/h8-9,11,17H,4-7,10,12-13H2,1-3H3. The molecule has 0 spiro atoms. The molecule has 0 saturated carbocycles. The second kappa shape index (κ2) is 7.47. The molecule has 1 aromatic rings. The van der Waals surface area contributed by atoms with Crippen LogP contribution in [0.25, 0.3) is 0 Å². The van der Waals surface area contributed by atoms with E-state index in [0.29, 0.717) is 6.54 Å². The quantitative estimate of drug-likeness (QED) is 0.830. The largest absolute Gasteiger partial charge is 0.339 e. The number of piperidine rings is 1. The van der Waals surface area contributed by atoms with Crippen LogP contribution in [0.15, 0.2) is 18.2 Å². The first-order chi connectivity index (χ1) is 10.8.